The van der Waals surface area contributed by atoms with Crippen LogP contribution in [0, 0.1) is 0 Å². The van der Waals surface area contributed by atoms with E-state index in [0.717, 1.165) is 31.5 Å². The minimum absolute atomic E-state index is 0.159. The van der Waals surface area contributed by atoms with Gasteiger partial charge in [0.15, 0.2) is 0 Å². The summed E-state index contributed by atoms with van der Waals surface area (Å²) in [7, 11) is 0. The van der Waals surface area contributed by atoms with Crippen molar-refractivity contribution in [2.45, 2.75) is 45.1 Å². The number of nitrogens with zero attached hydrogens (tertiary/aromatic N) is 1. The van der Waals surface area contributed by atoms with Crippen molar-refractivity contribution in [3.05, 3.63) is 24.3 Å². The van der Waals surface area contributed by atoms with Crippen LogP contribution in [0.1, 0.15) is 39.0 Å². The van der Waals surface area contributed by atoms with Gasteiger partial charge in [-0.25, -0.2) is 0 Å². The minimum Gasteiger partial charge on any atom is -0.325 e. The number of benzene rings is 1. The number of amides is 2. The predicted octanol–water partition coefficient (Wildman–Crippen LogP) is 2.27. The van der Waals surface area contributed by atoms with Gasteiger partial charge in [-0.1, -0.05) is 19.8 Å². The Morgan fingerprint density at radius 3 is 2.67 bits per heavy atom. The summed E-state index contributed by atoms with van der Waals surface area (Å²) in [6, 6.07) is 6.87. The zero-order valence-electron chi connectivity index (χ0n) is 12.5. The van der Waals surface area contributed by atoms with E-state index < -0.39 is 6.04 Å². The quantitative estimate of drug-likeness (QED) is 0.843. The maximum atomic E-state index is 11.9. The van der Waals surface area contributed by atoms with E-state index in [-0.39, 0.29) is 11.8 Å². The maximum absolute atomic E-state index is 11.9. The molecule has 0 radical (unpaired) electrons. The van der Waals surface area contributed by atoms with E-state index in [2.05, 4.69) is 12.2 Å². The van der Waals surface area contributed by atoms with E-state index in [1.165, 1.54) is 0 Å². The predicted molar refractivity (Wildman–Crippen MR) is 84.2 cm³/mol. The van der Waals surface area contributed by atoms with Crippen LogP contribution in [-0.4, -0.2) is 24.4 Å². The van der Waals surface area contributed by atoms with Crippen LogP contribution < -0.4 is 16.0 Å². The van der Waals surface area contributed by atoms with Crippen LogP contribution in [-0.2, 0) is 9.59 Å². The average molecular weight is 289 g/mol. The van der Waals surface area contributed by atoms with Gasteiger partial charge in [0.05, 0.1) is 6.04 Å². The zero-order chi connectivity index (χ0) is 15.2. The lowest BCUT2D eigenvalue weighted by Crippen LogP contribution is -2.35. The molecule has 0 aromatic heterocycles. The lowest BCUT2D eigenvalue weighted by Gasteiger charge is -2.16. The molecule has 0 saturated carbocycles. The van der Waals surface area contributed by atoms with Crippen molar-refractivity contribution in [2.75, 3.05) is 16.8 Å². The summed E-state index contributed by atoms with van der Waals surface area (Å²) in [4.78, 5) is 25.4. The second kappa shape index (κ2) is 7.22. The molecule has 3 N–H and O–H groups in total. The van der Waals surface area contributed by atoms with Gasteiger partial charge >= 0.3 is 0 Å². The molecule has 1 atom stereocenters. The number of carbonyl (C=O) groups excluding carboxylic acids is 2. The highest BCUT2D eigenvalue weighted by molar-refractivity contribution is 5.97. The van der Waals surface area contributed by atoms with Crippen molar-refractivity contribution < 1.29 is 9.59 Å². The summed E-state index contributed by atoms with van der Waals surface area (Å²) >= 11 is 0. The Hall–Kier alpha value is -1.88. The highest BCUT2D eigenvalue weighted by atomic mass is 16.2. The van der Waals surface area contributed by atoms with E-state index in [1.807, 2.05) is 24.3 Å². The van der Waals surface area contributed by atoms with Gasteiger partial charge in [-0.05, 0) is 37.1 Å². The first kappa shape index (κ1) is 15.5. The van der Waals surface area contributed by atoms with Crippen LogP contribution in [0.4, 0.5) is 11.4 Å². The smallest absolute Gasteiger partial charge is 0.241 e. The Kier molecular flexibility index (Phi) is 5.33. The van der Waals surface area contributed by atoms with Gasteiger partial charge in [-0.15, -0.1) is 0 Å². The van der Waals surface area contributed by atoms with Crippen molar-refractivity contribution in [3.63, 3.8) is 0 Å². The maximum Gasteiger partial charge on any atom is 0.241 e. The summed E-state index contributed by atoms with van der Waals surface area (Å²) in [6.45, 7) is 2.84. The fourth-order valence-corrected chi connectivity index (χ4v) is 2.44. The number of nitrogens with one attached hydrogen (secondary N) is 1. The molecule has 2 amide bonds. The Labute approximate surface area is 125 Å². The standard InChI is InChI=1S/C16H23N3O2/c1-2-3-5-14(17)16(21)18-12-7-9-13(10-8-12)19-11-4-6-15(19)20/h7-10,14H,2-6,11,17H2,1H3,(H,18,21)/t14-/m0/s1. The number of hydrogen-bond acceptors (Lipinski definition) is 3. The molecule has 2 rings (SSSR count). The SMILES string of the molecule is CCCC[C@H](N)C(=O)Nc1ccc(N2CCCC2=O)cc1. The summed E-state index contributed by atoms with van der Waals surface area (Å²) in [6.07, 6.45) is 4.20. The molecule has 0 unspecified atom stereocenters. The number of anilines is 2. The summed E-state index contributed by atoms with van der Waals surface area (Å²) < 4.78 is 0. The molecule has 5 nitrogen and oxygen atoms in total. The first-order chi connectivity index (χ1) is 10.1. The monoisotopic (exact) mass is 289 g/mol. The molecule has 1 fully saturated rings. The topological polar surface area (TPSA) is 75.4 Å². The average Bonchev–Trinajstić information content (AvgIpc) is 2.91. The Morgan fingerprint density at radius 1 is 1.38 bits per heavy atom. The third-order valence-electron chi connectivity index (χ3n) is 3.73. The van der Waals surface area contributed by atoms with Crippen LogP contribution in [0.25, 0.3) is 0 Å². The number of carbonyl (C=O) groups is 2. The third-order valence-corrected chi connectivity index (χ3v) is 3.73. The molecule has 0 bridgehead atoms. The molecule has 1 aliphatic rings. The fourth-order valence-electron chi connectivity index (χ4n) is 2.44. The second-order valence-corrected chi connectivity index (χ2v) is 5.43. The normalized spacial score (nSPS) is 16.1. The van der Waals surface area contributed by atoms with Crippen molar-refractivity contribution in [2.24, 2.45) is 5.73 Å². The second-order valence-electron chi connectivity index (χ2n) is 5.43. The number of hydrogen-bond donors (Lipinski definition) is 2. The highest BCUT2D eigenvalue weighted by Crippen LogP contribution is 2.23. The molecule has 114 valence electrons. The molecular weight excluding hydrogens is 266 g/mol. The zero-order valence-corrected chi connectivity index (χ0v) is 12.5. The third kappa shape index (κ3) is 4.04. The molecule has 1 heterocycles. The van der Waals surface area contributed by atoms with E-state index in [0.29, 0.717) is 18.5 Å². The number of unbranched alkanes of at least 4 members (excludes halogenated alkanes) is 1. The van der Waals surface area contributed by atoms with Gasteiger partial charge in [0.25, 0.3) is 0 Å². The fraction of sp³-hybridized carbons (Fsp3) is 0.500. The first-order valence-electron chi connectivity index (χ1n) is 7.58. The van der Waals surface area contributed by atoms with Crippen molar-refractivity contribution in [1.82, 2.24) is 0 Å². The van der Waals surface area contributed by atoms with Crippen molar-refractivity contribution in [3.8, 4) is 0 Å². The molecule has 1 aromatic carbocycles. The van der Waals surface area contributed by atoms with E-state index in [1.54, 1.807) is 4.90 Å². The van der Waals surface area contributed by atoms with E-state index in [4.69, 9.17) is 5.73 Å². The molecular formula is C16H23N3O2. The van der Waals surface area contributed by atoms with Gasteiger partial charge in [0, 0.05) is 24.3 Å². The largest absolute Gasteiger partial charge is 0.325 e. The molecule has 1 aliphatic heterocycles. The van der Waals surface area contributed by atoms with Gasteiger partial charge in [-0.2, -0.15) is 0 Å². The van der Waals surface area contributed by atoms with Gasteiger partial charge in [0.1, 0.15) is 0 Å². The molecule has 0 spiro atoms. The summed E-state index contributed by atoms with van der Waals surface area (Å²) in [5.74, 6) is 0.00169. The van der Waals surface area contributed by atoms with Gasteiger partial charge < -0.3 is 16.0 Å². The van der Waals surface area contributed by atoms with Crippen LogP contribution in [0.5, 0.6) is 0 Å². The van der Waals surface area contributed by atoms with Crippen LogP contribution in [0.2, 0.25) is 0 Å². The molecule has 1 saturated heterocycles. The van der Waals surface area contributed by atoms with Crippen molar-refractivity contribution >= 4 is 23.2 Å². The first-order valence-corrected chi connectivity index (χ1v) is 7.58. The van der Waals surface area contributed by atoms with E-state index in [9.17, 15) is 9.59 Å². The minimum atomic E-state index is -0.468. The lowest BCUT2D eigenvalue weighted by atomic mass is 10.1. The molecule has 5 heteroatoms. The van der Waals surface area contributed by atoms with Crippen LogP contribution >= 0.6 is 0 Å². The van der Waals surface area contributed by atoms with Crippen molar-refractivity contribution in [1.29, 1.82) is 0 Å². The van der Waals surface area contributed by atoms with Crippen LogP contribution in [0.3, 0.4) is 0 Å². The number of rotatable bonds is 6. The summed E-state index contributed by atoms with van der Waals surface area (Å²) in [5, 5.41) is 2.81. The van der Waals surface area contributed by atoms with Gasteiger partial charge in [0.2, 0.25) is 11.8 Å². The molecule has 1 aromatic rings. The Bertz CT molecular complexity index is 499. The Balaban J connectivity index is 1.93. The lowest BCUT2D eigenvalue weighted by molar-refractivity contribution is -0.118. The number of nitrogens with two attached hydrogens (primary N) is 1. The highest BCUT2D eigenvalue weighted by Gasteiger charge is 2.21. The Morgan fingerprint density at radius 2 is 2.10 bits per heavy atom. The van der Waals surface area contributed by atoms with Crippen LogP contribution in [0.15, 0.2) is 24.3 Å². The summed E-state index contributed by atoms with van der Waals surface area (Å²) in [5.41, 5.74) is 7.42. The van der Waals surface area contributed by atoms with Gasteiger partial charge in [-0.3, -0.25) is 9.59 Å². The molecule has 21 heavy (non-hydrogen) atoms. The van der Waals surface area contributed by atoms with E-state index >= 15 is 0 Å². The molecule has 0 aliphatic carbocycles.